The Bertz CT molecular complexity index is 363. The van der Waals surface area contributed by atoms with Gasteiger partial charge in [0.1, 0.15) is 0 Å². The van der Waals surface area contributed by atoms with Gasteiger partial charge in [-0.05, 0) is 31.0 Å². The summed E-state index contributed by atoms with van der Waals surface area (Å²) in [6.07, 6.45) is 0.860. The minimum absolute atomic E-state index is 0.0603. The number of anilines is 1. The monoisotopic (exact) mass is 269 g/mol. The van der Waals surface area contributed by atoms with Gasteiger partial charge in [0.2, 0.25) is 5.91 Å². The zero-order valence-electron chi connectivity index (χ0n) is 9.30. The van der Waals surface area contributed by atoms with E-state index < -0.39 is 0 Å². The van der Waals surface area contributed by atoms with E-state index in [0.29, 0.717) is 0 Å². The number of hydrogen-bond donors (Lipinski definition) is 1. The van der Waals surface area contributed by atoms with Crippen molar-refractivity contribution in [1.82, 2.24) is 0 Å². The zero-order chi connectivity index (χ0) is 11.4. The Morgan fingerprint density at radius 1 is 1.53 bits per heavy atom. The minimum atomic E-state index is 0.0603. The van der Waals surface area contributed by atoms with Crippen LogP contribution in [0.25, 0.3) is 0 Å². The van der Waals surface area contributed by atoms with E-state index in [9.17, 15) is 4.79 Å². The normalized spacial score (nSPS) is 12.3. The fourth-order valence-electron chi connectivity index (χ4n) is 1.12. The molecule has 0 aromatic heterocycles. The molecule has 1 aromatic carbocycles. The van der Waals surface area contributed by atoms with Crippen molar-refractivity contribution < 1.29 is 4.79 Å². The summed E-state index contributed by atoms with van der Waals surface area (Å²) in [7, 11) is 0. The third-order valence-corrected chi connectivity index (χ3v) is 3.35. The second-order valence-electron chi connectivity index (χ2n) is 3.76. The molecule has 2 nitrogen and oxygen atoms in total. The van der Waals surface area contributed by atoms with Gasteiger partial charge in [-0.15, -0.1) is 0 Å². The Morgan fingerprint density at radius 3 is 2.73 bits per heavy atom. The molecule has 0 aliphatic heterocycles. The summed E-state index contributed by atoms with van der Waals surface area (Å²) in [5, 5.41) is 2.89. The molecule has 0 radical (unpaired) electrons. The summed E-state index contributed by atoms with van der Waals surface area (Å²) in [6, 6.07) is 5.83. The second kappa shape index (κ2) is 5.31. The molecule has 0 aliphatic carbocycles. The molecule has 1 unspecified atom stereocenters. The minimum Gasteiger partial charge on any atom is -0.326 e. The number of carbonyl (C=O) groups is 1. The number of nitrogens with one attached hydrogen (secondary N) is 1. The topological polar surface area (TPSA) is 29.1 Å². The lowest BCUT2D eigenvalue weighted by molar-refractivity contribution is -0.119. The van der Waals surface area contributed by atoms with Crippen molar-refractivity contribution in [1.29, 1.82) is 0 Å². The largest absolute Gasteiger partial charge is 0.326 e. The molecule has 0 heterocycles. The van der Waals surface area contributed by atoms with E-state index in [2.05, 4.69) is 21.2 Å². The van der Waals surface area contributed by atoms with Crippen molar-refractivity contribution >= 4 is 27.5 Å². The van der Waals surface area contributed by atoms with E-state index in [4.69, 9.17) is 0 Å². The lowest BCUT2D eigenvalue weighted by atomic mass is 10.1. The van der Waals surface area contributed by atoms with Crippen LogP contribution in [0.2, 0.25) is 0 Å². The van der Waals surface area contributed by atoms with Crippen LogP contribution in [0.15, 0.2) is 22.7 Å². The number of rotatable bonds is 3. The number of benzene rings is 1. The molecule has 0 bridgehead atoms. The van der Waals surface area contributed by atoms with Crippen LogP contribution in [0.3, 0.4) is 0 Å². The molecule has 1 rings (SSSR count). The van der Waals surface area contributed by atoms with E-state index in [0.717, 1.165) is 22.1 Å². The SMILES string of the molecule is CCC(C)C(=O)Nc1ccc(C)c(Br)c1. The fourth-order valence-corrected chi connectivity index (χ4v) is 1.50. The first-order valence-corrected chi connectivity index (χ1v) is 5.91. The highest BCUT2D eigenvalue weighted by Crippen LogP contribution is 2.21. The van der Waals surface area contributed by atoms with Gasteiger partial charge < -0.3 is 5.32 Å². The van der Waals surface area contributed by atoms with Gasteiger partial charge in [0.05, 0.1) is 0 Å². The van der Waals surface area contributed by atoms with Crippen molar-refractivity contribution in [3.05, 3.63) is 28.2 Å². The molecule has 15 heavy (non-hydrogen) atoms. The first kappa shape index (κ1) is 12.2. The van der Waals surface area contributed by atoms with Crippen LogP contribution >= 0.6 is 15.9 Å². The lowest BCUT2D eigenvalue weighted by Gasteiger charge is -2.10. The van der Waals surface area contributed by atoms with Crippen LogP contribution in [-0.4, -0.2) is 5.91 Å². The van der Waals surface area contributed by atoms with Crippen LogP contribution in [-0.2, 0) is 4.79 Å². The van der Waals surface area contributed by atoms with Crippen LogP contribution in [0.5, 0.6) is 0 Å². The van der Waals surface area contributed by atoms with Gasteiger partial charge in [0, 0.05) is 16.1 Å². The Balaban J connectivity index is 2.73. The predicted molar refractivity (Wildman–Crippen MR) is 67.0 cm³/mol. The molecule has 0 saturated carbocycles. The first-order valence-electron chi connectivity index (χ1n) is 5.11. The van der Waals surface area contributed by atoms with Crippen molar-refractivity contribution in [3.63, 3.8) is 0 Å². The molecule has 0 aliphatic rings. The van der Waals surface area contributed by atoms with E-state index in [1.54, 1.807) is 0 Å². The van der Waals surface area contributed by atoms with Gasteiger partial charge in [0.25, 0.3) is 0 Å². The molecule has 82 valence electrons. The number of halogens is 1. The van der Waals surface area contributed by atoms with Crippen LogP contribution < -0.4 is 5.32 Å². The summed E-state index contributed by atoms with van der Waals surface area (Å²) in [4.78, 5) is 11.6. The van der Waals surface area contributed by atoms with Gasteiger partial charge in [-0.25, -0.2) is 0 Å². The molecular formula is C12H16BrNO. The average Bonchev–Trinajstić information content (AvgIpc) is 2.22. The summed E-state index contributed by atoms with van der Waals surface area (Å²) >= 11 is 3.44. The van der Waals surface area contributed by atoms with Crippen LogP contribution in [0, 0.1) is 12.8 Å². The molecule has 3 heteroatoms. The average molecular weight is 270 g/mol. The molecule has 0 fully saturated rings. The number of aryl methyl sites for hydroxylation is 1. The highest BCUT2D eigenvalue weighted by molar-refractivity contribution is 9.10. The molecule has 1 amide bonds. The molecule has 1 N–H and O–H groups in total. The fraction of sp³-hybridized carbons (Fsp3) is 0.417. The van der Waals surface area contributed by atoms with Crippen LogP contribution in [0.4, 0.5) is 5.69 Å². The summed E-state index contributed by atoms with van der Waals surface area (Å²) in [5.41, 5.74) is 2.01. The standard InChI is InChI=1S/C12H16BrNO/c1-4-8(2)12(15)14-10-6-5-9(3)11(13)7-10/h5-8H,4H2,1-3H3,(H,14,15). The van der Waals surface area contributed by atoms with Gasteiger partial charge >= 0.3 is 0 Å². The highest BCUT2D eigenvalue weighted by atomic mass is 79.9. The van der Waals surface area contributed by atoms with E-state index in [-0.39, 0.29) is 11.8 Å². The lowest BCUT2D eigenvalue weighted by Crippen LogP contribution is -2.19. The quantitative estimate of drug-likeness (QED) is 0.890. The molecule has 1 aromatic rings. The molecular weight excluding hydrogens is 254 g/mol. The number of amides is 1. The number of hydrogen-bond acceptors (Lipinski definition) is 1. The van der Waals surface area contributed by atoms with Gasteiger partial charge in [-0.3, -0.25) is 4.79 Å². The summed E-state index contributed by atoms with van der Waals surface area (Å²) in [6.45, 7) is 5.96. The zero-order valence-corrected chi connectivity index (χ0v) is 10.9. The third kappa shape index (κ3) is 3.34. The predicted octanol–water partition coefficient (Wildman–Crippen LogP) is 3.74. The second-order valence-corrected chi connectivity index (χ2v) is 4.62. The first-order chi connectivity index (χ1) is 7.04. The van der Waals surface area contributed by atoms with Crippen molar-refractivity contribution in [2.24, 2.45) is 5.92 Å². The van der Waals surface area contributed by atoms with Crippen molar-refractivity contribution in [2.75, 3.05) is 5.32 Å². The van der Waals surface area contributed by atoms with Crippen molar-refractivity contribution in [2.45, 2.75) is 27.2 Å². The summed E-state index contributed by atoms with van der Waals surface area (Å²) in [5.74, 6) is 0.137. The number of carbonyl (C=O) groups excluding carboxylic acids is 1. The Labute approximate surface area is 99.2 Å². The Morgan fingerprint density at radius 2 is 2.20 bits per heavy atom. The maximum absolute atomic E-state index is 11.6. The smallest absolute Gasteiger partial charge is 0.227 e. The molecule has 1 atom stereocenters. The maximum Gasteiger partial charge on any atom is 0.227 e. The van der Waals surface area contributed by atoms with Gasteiger partial charge in [-0.2, -0.15) is 0 Å². The maximum atomic E-state index is 11.6. The van der Waals surface area contributed by atoms with Crippen LogP contribution in [0.1, 0.15) is 25.8 Å². The van der Waals surface area contributed by atoms with Gasteiger partial charge in [0.15, 0.2) is 0 Å². The van der Waals surface area contributed by atoms with E-state index in [1.165, 1.54) is 0 Å². The third-order valence-electron chi connectivity index (χ3n) is 2.50. The highest BCUT2D eigenvalue weighted by Gasteiger charge is 2.10. The molecule has 0 spiro atoms. The van der Waals surface area contributed by atoms with Gasteiger partial charge in [-0.1, -0.05) is 35.8 Å². The van der Waals surface area contributed by atoms with E-state index >= 15 is 0 Å². The van der Waals surface area contributed by atoms with Crippen molar-refractivity contribution in [3.8, 4) is 0 Å². The Kier molecular flexibility index (Phi) is 4.33. The Hall–Kier alpha value is -0.830. The summed E-state index contributed by atoms with van der Waals surface area (Å²) < 4.78 is 1.02. The molecule has 0 saturated heterocycles. The van der Waals surface area contributed by atoms with E-state index in [1.807, 2.05) is 39.0 Å².